The number of hydrogen-bond donors (Lipinski definition) is 1. The molecule has 2 heteroatoms. The molecule has 0 atom stereocenters. The first-order valence-corrected chi connectivity index (χ1v) is 4.01. The van der Waals surface area contributed by atoms with E-state index in [2.05, 4.69) is 0 Å². The molecule has 0 saturated carbocycles. The Balaban J connectivity index is 0.000000215. The second-order valence-corrected chi connectivity index (χ2v) is 2.46. The Morgan fingerprint density at radius 1 is 1.00 bits per heavy atom. The molecule has 0 spiro atoms. The van der Waals surface area contributed by atoms with Crippen LogP contribution in [0.1, 0.15) is 5.56 Å². The van der Waals surface area contributed by atoms with Crippen molar-refractivity contribution in [2.24, 2.45) is 5.73 Å². The van der Waals surface area contributed by atoms with Gasteiger partial charge in [-0.15, -0.1) is 5.56 Å². The molecule has 0 unspecified atom stereocenters. The molecular weight excluding hydrogens is 247 g/mol. The van der Waals surface area contributed by atoms with E-state index in [0.29, 0.717) is 6.54 Å². The SMILES string of the molecule is NC[c-]1cccc1.[Ru+2].c1cc[cH-]c1. The summed E-state index contributed by atoms with van der Waals surface area (Å²) in [5, 5.41) is 0. The summed E-state index contributed by atoms with van der Waals surface area (Å²) >= 11 is 0. The van der Waals surface area contributed by atoms with Crippen molar-refractivity contribution in [3.8, 4) is 0 Å². The van der Waals surface area contributed by atoms with Gasteiger partial charge in [0.05, 0.1) is 0 Å². The van der Waals surface area contributed by atoms with E-state index >= 15 is 0 Å². The van der Waals surface area contributed by atoms with Crippen LogP contribution in [-0.2, 0) is 26.0 Å². The van der Waals surface area contributed by atoms with Crippen LogP contribution in [0.5, 0.6) is 0 Å². The molecule has 2 N–H and O–H groups in total. The molecule has 0 radical (unpaired) electrons. The van der Waals surface area contributed by atoms with Crippen molar-refractivity contribution in [2.75, 3.05) is 0 Å². The van der Waals surface area contributed by atoms with E-state index in [4.69, 9.17) is 5.73 Å². The maximum Gasteiger partial charge on any atom is 2.00 e. The third-order valence-corrected chi connectivity index (χ3v) is 1.52. The molecule has 70 valence electrons. The Morgan fingerprint density at radius 3 is 1.77 bits per heavy atom. The maximum atomic E-state index is 5.29. The monoisotopic (exact) mass is 261 g/mol. The van der Waals surface area contributed by atoms with Crippen molar-refractivity contribution >= 4 is 0 Å². The molecule has 0 bridgehead atoms. The molecule has 0 saturated heterocycles. The topological polar surface area (TPSA) is 26.0 Å². The molecule has 0 aliphatic rings. The summed E-state index contributed by atoms with van der Waals surface area (Å²) in [6, 6.07) is 18.0. The average Bonchev–Trinajstić information content (AvgIpc) is 2.81. The predicted octanol–water partition coefficient (Wildman–Crippen LogP) is 2.27. The molecule has 2 rings (SSSR count). The van der Waals surface area contributed by atoms with Gasteiger partial charge < -0.3 is 5.73 Å². The zero-order chi connectivity index (χ0) is 8.65. The Kier molecular flexibility index (Phi) is 7.47. The smallest absolute Gasteiger partial charge is 0.337 e. The first-order chi connectivity index (χ1) is 5.93. The van der Waals surface area contributed by atoms with Gasteiger partial charge in [-0.2, -0.15) is 30.3 Å². The van der Waals surface area contributed by atoms with Gasteiger partial charge in [0.2, 0.25) is 0 Å². The Morgan fingerprint density at radius 2 is 1.54 bits per heavy atom. The van der Waals surface area contributed by atoms with Gasteiger partial charge in [0.1, 0.15) is 0 Å². The van der Waals surface area contributed by atoms with Crippen LogP contribution < -0.4 is 5.73 Å². The zero-order valence-electron chi connectivity index (χ0n) is 7.33. The molecule has 0 aromatic heterocycles. The van der Waals surface area contributed by atoms with Crippen molar-refractivity contribution in [3.63, 3.8) is 0 Å². The maximum absolute atomic E-state index is 5.29. The van der Waals surface area contributed by atoms with Crippen LogP contribution in [0.15, 0.2) is 54.6 Å². The van der Waals surface area contributed by atoms with Crippen LogP contribution in [-0.4, -0.2) is 0 Å². The standard InChI is InChI=1S/C6H8N.C5H5.Ru/c7-5-6-3-1-2-4-6;1-2-4-5-3-1;/h1-4H,5,7H2;1-5H;/q2*-1;+2. The summed E-state index contributed by atoms with van der Waals surface area (Å²) in [6.07, 6.45) is 0. The minimum absolute atomic E-state index is 0. The third kappa shape index (κ3) is 5.51. The third-order valence-electron chi connectivity index (χ3n) is 1.52. The van der Waals surface area contributed by atoms with Gasteiger partial charge in [-0.05, 0) is 6.54 Å². The molecule has 0 fully saturated rings. The number of hydrogen-bond acceptors (Lipinski definition) is 1. The van der Waals surface area contributed by atoms with Crippen molar-refractivity contribution < 1.29 is 19.5 Å². The van der Waals surface area contributed by atoms with E-state index < -0.39 is 0 Å². The summed E-state index contributed by atoms with van der Waals surface area (Å²) in [6.45, 7) is 0.660. The van der Waals surface area contributed by atoms with Gasteiger partial charge in [-0.1, -0.05) is 0 Å². The van der Waals surface area contributed by atoms with Crippen LogP contribution in [0.4, 0.5) is 0 Å². The van der Waals surface area contributed by atoms with Gasteiger partial charge in [0.15, 0.2) is 0 Å². The molecular formula is C11H13NRu. The van der Waals surface area contributed by atoms with E-state index in [1.807, 2.05) is 54.6 Å². The second-order valence-electron chi connectivity index (χ2n) is 2.46. The van der Waals surface area contributed by atoms with Crippen molar-refractivity contribution in [1.29, 1.82) is 0 Å². The molecule has 0 amide bonds. The summed E-state index contributed by atoms with van der Waals surface area (Å²) in [4.78, 5) is 0. The Labute approximate surface area is 92.1 Å². The predicted molar refractivity (Wildman–Crippen MR) is 52.0 cm³/mol. The van der Waals surface area contributed by atoms with Crippen LogP contribution in [0.25, 0.3) is 0 Å². The minimum atomic E-state index is 0. The normalized spacial score (nSPS) is 8.08. The second kappa shape index (κ2) is 7.91. The fourth-order valence-electron chi connectivity index (χ4n) is 0.871. The van der Waals surface area contributed by atoms with E-state index in [-0.39, 0.29) is 19.5 Å². The largest absolute Gasteiger partial charge is 2.00 e. The molecule has 2 aromatic rings. The van der Waals surface area contributed by atoms with Crippen LogP contribution in [0, 0.1) is 0 Å². The van der Waals surface area contributed by atoms with Gasteiger partial charge in [-0.25, -0.2) is 24.3 Å². The van der Waals surface area contributed by atoms with Crippen molar-refractivity contribution in [2.45, 2.75) is 6.54 Å². The molecule has 0 aliphatic heterocycles. The molecule has 1 nitrogen and oxygen atoms in total. The first kappa shape index (κ1) is 12.3. The Hall–Kier alpha value is -0.717. The molecule has 13 heavy (non-hydrogen) atoms. The zero-order valence-corrected chi connectivity index (χ0v) is 9.07. The number of nitrogens with two attached hydrogens (primary N) is 1. The van der Waals surface area contributed by atoms with Gasteiger partial charge in [0.25, 0.3) is 0 Å². The van der Waals surface area contributed by atoms with E-state index in [0.717, 1.165) is 0 Å². The van der Waals surface area contributed by atoms with E-state index in [1.54, 1.807) is 0 Å². The summed E-state index contributed by atoms with van der Waals surface area (Å²) in [5.41, 5.74) is 6.50. The van der Waals surface area contributed by atoms with Crippen molar-refractivity contribution in [1.82, 2.24) is 0 Å². The first-order valence-electron chi connectivity index (χ1n) is 4.01. The summed E-state index contributed by atoms with van der Waals surface area (Å²) in [5.74, 6) is 0. The fraction of sp³-hybridized carbons (Fsp3) is 0.0909. The molecule has 0 aliphatic carbocycles. The summed E-state index contributed by atoms with van der Waals surface area (Å²) < 4.78 is 0. The van der Waals surface area contributed by atoms with E-state index in [1.165, 1.54) is 5.56 Å². The van der Waals surface area contributed by atoms with Gasteiger partial charge in [-0.3, -0.25) is 0 Å². The minimum Gasteiger partial charge on any atom is -0.337 e. The van der Waals surface area contributed by atoms with Crippen LogP contribution in [0.2, 0.25) is 0 Å². The summed E-state index contributed by atoms with van der Waals surface area (Å²) in [7, 11) is 0. The Bertz CT molecular complexity index is 241. The van der Waals surface area contributed by atoms with Gasteiger partial charge >= 0.3 is 19.5 Å². The average molecular weight is 260 g/mol. The molecule has 2 aromatic carbocycles. The fourth-order valence-corrected chi connectivity index (χ4v) is 0.871. The number of rotatable bonds is 1. The van der Waals surface area contributed by atoms with E-state index in [9.17, 15) is 0 Å². The molecule has 0 heterocycles. The van der Waals surface area contributed by atoms with Crippen LogP contribution >= 0.6 is 0 Å². The van der Waals surface area contributed by atoms with Crippen molar-refractivity contribution in [3.05, 3.63) is 60.2 Å². The van der Waals surface area contributed by atoms with Gasteiger partial charge in [0, 0.05) is 0 Å². The van der Waals surface area contributed by atoms with Crippen LogP contribution in [0.3, 0.4) is 0 Å². The quantitative estimate of drug-likeness (QED) is 0.618.